The van der Waals surface area contributed by atoms with E-state index in [9.17, 15) is 10.1 Å². The monoisotopic (exact) mass is 332 g/mol. The molecule has 0 unspecified atom stereocenters. The van der Waals surface area contributed by atoms with Gasteiger partial charge in [-0.15, -0.1) is 11.8 Å². The first kappa shape index (κ1) is 16.7. The second-order valence-corrected chi connectivity index (χ2v) is 6.64. The fraction of sp³-hybridized carbons (Fsp3) is 0.294. The Morgan fingerprint density at radius 2 is 2.14 bits per heavy atom. The number of carbonyl (C=O) groups is 1. The van der Waals surface area contributed by atoms with E-state index >= 15 is 0 Å². The maximum absolute atomic E-state index is 12.2. The number of nitrogens with one attached hydrogen (secondary N) is 1. The van der Waals surface area contributed by atoms with Crippen LogP contribution in [0.25, 0.3) is 0 Å². The Morgan fingerprint density at radius 1 is 1.45 bits per heavy atom. The Hall–Kier alpha value is -1.70. The van der Waals surface area contributed by atoms with Crippen LogP contribution in [0.4, 0.5) is 0 Å². The maximum atomic E-state index is 12.2. The molecule has 0 radical (unpaired) electrons. The number of rotatable bonds is 4. The molecule has 0 spiro atoms. The maximum Gasteiger partial charge on any atom is 0.158 e. The number of halogens is 1. The van der Waals surface area contributed by atoms with Gasteiger partial charge in [0.25, 0.3) is 0 Å². The summed E-state index contributed by atoms with van der Waals surface area (Å²) in [5.74, 6) is 0.376. The van der Waals surface area contributed by atoms with Crippen LogP contribution < -0.4 is 5.32 Å². The minimum absolute atomic E-state index is 0.0526. The third-order valence-corrected chi connectivity index (χ3v) is 4.78. The Labute approximate surface area is 140 Å². The topological polar surface area (TPSA) is 52.9 Å². The van der Waals surface area contributed by atoms with Gasteiger partial charge in [-0.1, -0.05) is 36.7 Å². The lowest BCUT2D eigenvalue weighted by atomic mass is 9.81. The van der Waals surface area contributed by atoms with Gasteiger partial charge in [-0.25, -0.2) is 0 Å². The lowest BCUT2D eigenvalue weighted by Crippen LogP contribution is -2.27. The number of allylic oxidation sites excluding steroid dienone is 3. The first-order valence-corrected chi connectivity index (χ1v) is 8.37. The van der Waals surface area contributed by atoms with Gasteiger partial charge in [0, 0.05) is 16.3 Å². The molecule has 0 aliphatic carbocycles. The SMILES string of the molecule is CCSC1=C(C#N)[C@H](c2ccccc2Cl)C(C(C)=O)=C(C)N1. The largest absolute Gasteiger partial charge is 0.353 e. The van der Waals surface area contributed by atoms with Gasteiger partial charge in [-0.3, -0.25) is 4.79 Å². The van der Waals surface area contributed by atoms with E-state index in [1.54, 1.807) is 17.8 Å². The van der Waals surface area contributed by atoms with Crippen LogP contribution in [-0.4, -0.2) is 11.5 Å². The summed E-state index contributed by atoms with van der Waals surface area (Å²) in [6, 6.07) is 9.65. The molecular weight excluding hydrogens is 316 g/mol. The highest BCUT2D eigenvalue weighted by molar-refractivity contribution is 8.03. The minimum Gasteiger partial charge on any atom is -0.353 e. The molecule has 1 aromatic carbocycles. The highest BCUT2D eigenvalue weighted by Gasteiger charge is 2.33. The number of ketones is 1. The summed E-state index contributed by atoms with van der Waals surface area (Å²) in [5.41, 5.74) is 2.73. The highest BCUT2D eigenvalue weighted by atomic mass is 35.5. The number of carbonyl (C=O) groups excluding carboxylic acids is 1. The number of thioether (sulfide) groups is 1. The normalized spacial score (nSPS) is 18.0. The van der Waals surface area contributed by atoms with E-state index < -0.39 is 5.92 Å². The standard InChI is InChI=1S/C17H17ClN2OS/c1-4-22-17-13(9-19)16(12-7-5-6-8-14(12)18)15(11(3)21)10(2)20-17/h5-8,16,20H,4H2,1-3H3/t16-/m0/s1. The second-order valence-electron chi connectivity index (χ2n) is 4.96. The lowest BCUT2D eigenvalue weighted by Gasteiger charge is -2.29. The average Bonchev–Trinajstić information content (AvgIpc) is 2.47. The van der Waals surface area contributed by atoms with Crippen LogP contribution in [0.1, 0.15) is 32.3 Å². The molecule has 2 rings (SSSR count). The summed E-state index contributed by atoms with van der Waals surface area (Å²) in [6.45, 7) is 5.42. The van der Waals surface area contributed by atoms with Crippen molar-refractivity contribution >= 4 is 29.1 Å². The molecule has 0 saturated carbocycles. The molecule has 5 heteroatoms. The zero-order chi connectivity index (χ0) is 16.3. The zero-order valence-corrected chi connectivity index (χ0v) is 14.3. The number of Topliss-reactive ketones (excluding diaryl/α,β-unsaturated/α-hetero) is 1. The molecule has 1 aromatic rings. The van der Waals surface area contributed by atoms with Crippen molar-refractivity contribution in [2.24, 2.45) is 0 Å². The van der Waals surface area contributed by atoms with Crippen molar-refractivity contribution in [3.8, 4) is 6.07 Å². The quantitative estimate of drug-likeness (QED) is 0.889. The second kappa shape index (κ2) is 7.04. The molecule has 0 aromatic heterocycles. The van der Waals surface area contributed by atoms with E-state index in [0.29, 0.717) is 16.2 Å². The summed E-state index contributed by atoms with van der Waals surface area (Å²) in [7, 11) is 0. The summed E-state index contributed by atoms with van der Waals surface area (Å²) >= 11 is 7.89. The smallest absolute Gasteiger partial charge is 0.158 e. The Kier molecular flexibility index (Phi) is 5.33. The van der Waals surface area contributed by atoms with Gasteiger partial charge < -0.3 is 5.32 Å². The molecule has 1 aliphatic heterocycles. The third-order valence-electron chi connectivity index (χ3n) is 3.53. The van der Waals surface area contributed by atoms with Crippen LogP contribution in [0.2, 0.25) is 5.02 Å². The van der Waals surface area contributed by atoms with Crippen LogP contribution in [0.15, 0.2) is 46.1 Å². The van der Waals surface area contributed by atoms with Gasteiger partial charge in [0.05, 0.1) is 22.6 Å². The first-order valence-electron chi connectivity index (χ1n) is 7.01. The number of hydrogen-bond donors (Lipinski definition) is 1. The third kappa shape index (κ3) is 3.06. The number of hydrogen-bond acceptors (Lipinski definition) is 4. The van der Waals surface area contributed by atoms with Gasteiger partial charge in [0.15, 0.2) is 5.78 Å². The highest BCUT2D eigenvalue weighted by Crippen LogP contribution is 2.42. The van der Waals surface area contributed by atoms with Crippen molar-refractivity contribution in [1.82, 2.24) is 5.32 Å². The molecule has 0 bridgehead atoms. The molecule has 22 heavy (non-hydrogen) atoms. The van der Waals surface area contributed by atoms with Gasteiger partial charge in [0.1, 0.15) is 0 Å². The van der Waals surface area contributed by atoms with Crippen LogP contribution in [0, 0.1) is 11.3 Å². The fourth-order valence-electron chi connectivity index (χ4n) is 2.66. The van der Waals surface area contributed by atoms with Gasteiger partial charge in [-0.05, 0) is 31.2 Å². The molecule has 1 atom stereocenters. The van der Waals surface area contributed by atoms with Crippen molar-refractivity contribution in [3.05, 3.63) is 56.7 Å². The summed E-state index contributed by atoms with van der Waals surface area (Å²) in [5, 5.41) is 14.2. The summed E-state index contributed by atoms with van der Waals surface area (Å²) in [6.07, 6.45) is 0. The lowest BCUT2D eigenvalue weighted by molar-refractivity contribution is -0.113. The van der Waals surface area contributed by atoms with E-state index in [1.807, 2.05) is 32.0 Å². The van der Waals surface area contributed by atoms with Crippen molar-refractivity contribution < 1.29 is 4.79 Å². The molecular formula is C17H17ClN2OS. The van der Waals surface area contributed by atoms with Gasteiger partial charge in [-0.2, -0.15) is 5.26 Å². The number of dihydropyridines is 1. The average molecular weight is 333 g/mol. The fourth-order valence-corrected chi connectivity index (χ4v) is 3.74. The number of nitriles is 1. The molecule has 0 saturated heterocycles. The van der Waals surface area contributed by atoms with Gasteiger partial charge >= 0.3 is 0 Å². The van der Waals surface area contributed by atoms with E-state index in [4.69, 9.17) is 11.6 Å². The molecule has 114 valence electrons. The van der Waals surface area contributed by atoms with Crippen molar-refractivity contribution in [3.63, 3.8) is 0 Å². The predicted octanol–water partition coefficient (Wildman–Crippen LogP) is 4.38. The molecule has 0 fully saturated rings. The molecule has 1 aliphatic rings. The van der Waals surface area contributed by atoms with Crippen LogP contribution >= 0.6 is 23.4 Å². The van der Waals surface area contributed by atoms with Crippen LogP contribution in [0.3, 0.4) is 0 Å². The van der Waals surface area contributed by atoms with Crippen molar-refractivity contribution in [2.75, 3.05) is 5.75 Å². The van der Waals surface area contributed by atoms with Gasteiger partial charge in [0.2, 0.25) is 0 Å². The van der Waals surface area contributed by atoms with E-state index in [-0.39, 0.29) is 5.78 Å². The van der Waals surface area contributed by atoms with Crippen LogP contribution in [0.5, 0.6) is 0 Å². The summed E-state index contributed by atoms with van der Waals surface area (Å²) in [4.78, 5) is 12.2. The zero-order valence-electron chi connectivity index (χ0n) is 12.7. The van der Waals surface area contributed by atoms with E-state index in [1.165, 1.54) is 6.92 Å². The predicted molar refractivity (Wildman–Crippen MR) is 91.5 cm³/mol. The first-order chi connectivity index (χ1) is 10.5. The van der Waals surface area contributed by atoms with Crippen LogP contribution in [-0.2, 0) is 4.79 Å². The van der Waals surface area contributed by atoms with Crippen molar-refractivity contribution in [1.29, 1.82) is 5.26 Å². The Bertz CT molecular complexity index is 716. The minimum atomic E-state index is -0.411. The van der Waals surface area contributed by atoms with E-state index in [0.717, 1.165) is 22.0 Å². The Balaban J connectivity index is 2.70. The van der Waals surface area contributed by atoms with E-state index in [2.05, 4.69) is 11.4 Å². The molecule has 0 amide bonds. The molecule has 1 N–H and O–H groups in total. The van der Waals surface area contributed by atoms with Crippen molar-refractivity contribution in [2.45, 2.75) is 26.7 Å². The number of benzene rings is 1. The summed E-state index contributed by atoms with van der Waals surface area (Å²) < 4.78 is 0. The number of nitrogens with zero attached hydrogens (tertiary/aromatic N) is 1. The molecule has 1 heterocycles. The molecule has 3 nitrogen and oxygen atoms in total. The Morgan fingerprint density at radius 3 is 2.68 bits per heavy atom.